The van der Waals surface area contributed by atoms with Crippen LogP contribution in [0.25, 0.3) is 10.9 Å². The van der Waals surface area contributed by atoms with Crippen LogP contribution >= 0.6 is 11.6 Å². The summed E-state index contributed by atoms with van der Waals surface area (Å²) >= 11 is 6.19. The van der Waals surface area contributed by atoms with Crippen LogP contribution in [0.1, 0.15) is 17.5 Å². The van der Waals surface area contributed by atoms with Crippen LogP contribution < -0.4 is 10.9 Å². The molecular weight excluding hydrogens is 400 g/mol. The third-order valence-electron chi connectivity index (χ3n) is 4.96. The van der Waals surface area contributed by atoms with Crippen molar-refractivity contribution in [2.24, 2.45) is 0 Å². The molecule has 2 N–H and O–H groups in total. The summed E-state index contributed by atoms with van der Waals surface area (Å²) in [6.45, 7) is 3.52. The van der Waals surface area contributed by atoms with Crippen molar-refractivity contribution >= 4 is 34.2 Å². The molecule has 0 saturated heterocycles. The molecule has 7 heteroatoms. The van der Waals surface area contributed by atoms with Gasteiger partial charge in [0, 0.05) is 12.1 Å². The number of aromatic amines is 1. The number of amides is 2. The Hall–Kier alpha value is -2.83. The van der Waals surface area contributed by atoms with E-state index in [-0.39, 0.29) is 18.1 Å². The Morgan fingerprint density at radius 1 is 1.10 bits per heavy atom. The van der Waals surface area contributed by atoms with Crippen molar-refractivity contribution < 1.29 is 4.79 Å². The van der Waals surface area contributed by atoms with Crippen LogP contribution in [-0.4, -0.2) is 48.0 Å². The first-order chi connectivity index (χ1) is 14.3. The standard InChI is InChI=1S/C23H27ClN4O2/c1-16-8-6-9-17-14-18(22(29)26-21(16)17)15-28(13-7-12-27(2)3)23(30)25-20-11-5-4-10-19(20)24/h4-6,8-11,14H,7,12-13,15H2,1-3H3,(H,25,30)(H,26,29). The number of pyridine rings is 1. The average Bonchev–Trinajstić information content (AvgIpc) is 2.70. The predicted molar refractivity (Wildman–Crippen MR) is 123 cm³/mol. The van der Waals surface area contributed by atoms with Gasteiger partial charge in [0.2, 0.25) is 0 Å². The number of carbonyl (C=O) groups is 1. The Labute approximate surface area is 181 Å². The average molecular weight is 427 g/mol. The molecule has 0 aliphatic rings. The molecule has 3 rings (SSSR count). The van der Waals surface area contributed by atoms with Crippen molar-refractivity contribution in [1.82, 2.24) is 14.8 Å². The number of H-pyrrole nitrogens is 1. The number of carbonyl (C=O) groups excluding carboxylic acids is 1. The van der Waals surface area contributed by atoms with Gasteiger partial charge in [0.05, 0.1) is 22.8 Å². The first-order valence-corrected chi connectivity index (χ1v) is 10.3. The third kappa shape index (κ3) is 5.40. The highest BCUT2D eigenvalue weighted by atomic mass is 35.5. The van der Waals surface area contributed by atoms with Crippen LogP contribution in [0.15, 0.2) is 53.3 Å². The molecule has 0 aliphatic heterocycles. The molecule has 0 radical (unpaired) electrons. The largest absolute Gasteiger partial charge is 0.322 e. The minimum atomic E-state index is -0.286. The van der Waals surface area contributed by atoms with Gasteiger partial charge in [-0.1, -0.05) is 41.9 Å². The maximum atomic E-state index is 13.0. The fraction of sp³-hybridized carbons (Fsp3) is 0.304. The van der Waals surface area contributed by atoms with Crippen LogP contribution in [0.5, 0.6) is 0 Å². The second-order valence-corrected chi connectivity index (χ2v) is 8.06. The maximum Gasteiger partial charge on any atom is 0.322 e. The number of benzene rings is 2. The van der Waals surface area contributed by atoms with Crippen LogP contribution in [0.4, 0.5) is 10.5 Å². The zero-order chi connectivity index (χ0) is 21.7. The summed E-state index contributed by atoms with van der Waals surface area (Å²) in [6.07, 6.45) is 0.785. The van der Waals surface area contributed by atoms with E-state index in [0.717, 1.165) is 29.4 Å². The molecule has 3 aromatic rings. The molecular formula is C23H27ClN4O2. The highest BCUT2D eigenvalue weighted by Gasteiger charge is 2.17. The fourth-order valence-electron chi connectivity index (χ4n) is 3.34. The van der Waals surface area contributed by atoms with Crippen molar-refractivity contribution in [1.29, 1.82) is 0 Å². The van der Waals surface area contributed by atoms with Crippen molar-refractivity contribution in [3.05, 3.63) is 75.0 Å². The molecule has 0 spiro atoms. The molecule has 0 bridgehead atoms. The van der Waals surface area contributed by atoms with Crippen molar-refractivity contribution in [2.75, 3.05) is 32.5 Å². The SMILES string of the molecule is Cc1cccc2cc(CN(CCCN(C)C)C(=O)Nc3ccccc3Cl)c(=O)[nH]c12. The fourth-order valence-corrected chi connectivity index (χ4v) is 3.52. The lowest BCUT2D eigenvalue weighted by atomic mass is 10.1. The van der Waals surface area contributed by atoms with E-state index in [4.69, 9.17) is 11.6 Å². The zero-order valence-corrected chi connectivity index (χ0v) is 18.3. The number of fused-ring (bicyclic) bond motifs is 1. The number of hydrogen-bond acceptors (Lipinski definition) is 3. The van der Waals surface area contributed by atoms with E-state index in [0.29, 0.717) is 22.8 Å². The van der Waals surface area contributed by atoms with Gasteiger partial charge in [-0.3, -0.25) is 4.79 Å². The Morgan fingerprint density at radius 2 is 1.87 bits per heavy atom. The van der Waals surface area contributed by atoms with E-state index in [9.17, 15) is 9.59 Å². The van der Waals surface area contributed by atoms with Gasteiger partial charge >= 0.3 is 6.03 Å². The van der Waals surface area contributed by atoms with Crippen LogP contribution in [0.2, 0.25) is 5.02 Å². The molecule has 2 aromatic carbocycles. The number of rotatable bonds is 7. The molecule has 0 atom stereocenters. The van der Waals surface area contributed by atoms with Gasteiger partial charge in [-0.15, -0.1) is 0 Å². The minimum Gasteiger partial charge on any atom is -0.321 e. The second-order valence-electron chi connectivity index (χ2n) is 7.65. The van der Waals surface area contributed by atoms with Gasteiger partial charge in [-0.2, -0.15) is 0 Å². The summed E-state index contributed by atoms with van der Waals surface area (Å²) in [6, 6.07) is 14.6. The molecule has 0 saturated carbocycles. The summed E-state index contributed by atoms with van der Waals surface area (Å²) in [5.41, 5.74) is 2.75. The number of anilines is 1. The second kappa shape index (κ2) is 9.78. The smallest absolute Gasteiger partial charge is 0.321 e. The topological polar surface area (TPSA) is 68.4 Å². The lowest BCUT2D eigenvalue weighted by Gasteiger charge is -2.24. The van der Waals surface area contributed by atoms with Crippen LogP contribution in [0, 0.1) is 6.92 Å². The normalized spacial score (nSPS) is 11.1. The van der Waals surface area contributed by atoms with E-state index in [1.54, 1.807) is 17.0 Å². The zero-order valence-electron chi connectivity index (χ0n) is 17.5. The highest BCUT2D eigenvalue weighted by Crippen LogP contribution is 2.21. The number of para-hydroxylation sites is 2. The summed E-state index contributed by atoms with van der Waals surface area (Å²) < 4.78 is 0. The van der Waals surface area contributed by atoms with Crippen molar-refractivity contribution in [3.8, 4) is 0 Å². The van der Waals surface area contributed by atoms with Crippen LogP contribution in [0.3, 0.4) is 0 Å². The summed E-state index contributed by atoms with van der Waals surface area (Å²) in [4.78, 5) is 32.4. The number of urea groups is 1. The van der Waals surface area contributed by atoms with Crippen LogP contribution in [-0.2, 0) is 6.54 Å². The van der Waals surface area contributed by atoms with Gasteiger partial charge in [0.25, 0.3) is 5.56 Å². The number of nitrogens with zero attached hydrogens (tertiary/aromatic N) is 2. The third-order valence-corrected chi connectivity index (χ3v) is 5.29. The Balaban J connectivity index is 1.85. The van der Waals surface area contributed by atoms with E-state index < -0.39 is 0 Å². The molecule has 158 valence electrons. The quantitative estimate of drug-likeness (QED) is 0.585. The molecule has 1 aromatic heterocycles. The minimum absolute atomic E-state index is 0.181. The van der Waals surface area contributed by atoms with Gasteiger partial charge in [-0.25, -0.2) is 4.79 Å². The first kappa shape index (κ1) is 21.9. The lowest BCUT2D eigenvalue weighted by molar-refractivity contribution is 0.205. The van der Waals surface area contributed by atoms with Gasteiger partial charge in [0.1, 0.15) is 0 Å². The molecule has 6 nitrogen and oxygen atoms in total. The Morgan fingerprint density at radius 3 is 2.60 bits per heavy atom. The molecule has 30 heavy (non-hydrogen) atoms. The summed E-state index contributed by atoms with van der Waals surface area (Å²) in [5.74, 6) is 0. The van der Waals surface area contributed by atoms with E-state index >= 15 is 0 Å². The van der Waals surface area contributed by atoms with Crippen molar-refractivity contribution in [3.63, 3.8) is 0 Å². The van der Waals surface area contributed by atoms with E-state index in [2.05, 4.69) is 15.2 Å². The van der Waals surface area contributed by atoms with E-state index in [1.165, 1.54) is 0 Å². The van der Waals surface area contributed by atoms with Gasteiger partial charge in [0.15, 0.2) is 0 Å². The maximum absolute atomic E-state index is 13.0. The Kier molecular flexibility index (Phi) is 7.13. The summed E-state index contributed by atoms with van der Waals surface area (Å²) in [7, 11) is 3.98. The monoisotopic (exact) mass is 426 g/mol. The van der Waals surface area contributed by atoms with Crippen molar-refractivity contribution in [2.45, 2.75) is 19.9 Å². The number of nitrogens with one attached hydrogen (secondary N) is 2. The van der Waals surface area contributed by atoms with E-state index in [1.807, 2.05) is 57.4 Å². The number of aryl methyl sites for hydroxylation is 1. The van der Waals surface area contributed by atoms with Gasteiger partial charge < -0.3 is 20.1 Å². The molecule has 2 amide bonds. The molecule has 1 heterocycles. The number of halogens is 1. The Bertz CT molecular complexity index is 1090. The predicted octanol–water partition coefficient (Wildman–Crippen LogP) is 4.48. The lowest BCUT2D eigenvalue weighted by Crippen LogP contribution is -2.37. The highest BCUT2D eigenvalue weighted by molar-refractivity contribution is 6.33. The number of aromatic nitrogens is 1. The van der Waals surface area contributed by atoms with Gasteiger partial charge in [-0.05, 0) is 63.1 Å². The molecule has 0 unspecified atom stereocenters. The first-order valence-electron chi connectivity index (χ1n) is 9.92. The number of hydrogen-bond donors (Lipinski definition) is 2. The molecule has 0 aliphatic carbocycles. The molecule has 0 fully saturated rings. The summed E-state index contributed by atoms with van der Waals surface area (Å²) in [5, 5.41) is 4.28.